The zero-order chi connectivity index (χ0) is 18.9. The van der Waals surface area contributed by atoms with Crippen molar-refractivity contribution in [3.63, 3.8) is 0 Å². The second kappa shape index (κ2) is 7.09. The molecule has 1 aliphatic rings. The Balaban J connectivity index is 1.72. The molecule has 0 aliphatic carbocycles. The van der Waals surface area contributed by atoms with Gasteiger partial charge >= 0.3 is 6.09 Å². The van der Waals surface area contributed by atoms with Crippen LogP contribution in [0.15, 0.2) is 12.4 Å². The second-order valence-corrected chi connectivity index (χ2v) is 7.84. The summed E-state index contributed by atoms with van der Waals surface area (Å²) < 4.78 is 7.16. The largest absolute Gasteiger partial charge is 0.444 e. The Kier molecular flexibility index (Phi) is 5.02. The molecular weight excluding hydrogens is 332 g/mol. The number of piperidine rings is 1. The number of hydrogen-bond donors (Lipinski definition) is 1. The smallest absolute Gasteiger partial charge is 0.407 e. The van der Waals surface area contributed by atoms with Gasteiger partial charge in [0, 0.05) is 30.4 Å². The SMILES string of the molecule is CCc1cc(N2CCC(NC(=O)OC(C)(C)C)CC2C)n2ncnc2n1. The van der Waals surface area contributed by atoms with E-state index in [-0.39, 0.29) is 18.2 Å². The average Bonchev–Trinajstić information content (AvgIpc) is 3.00. The van der Waals surface area contributed by atoms with Crippen LogP contribution in [0.1, 0.15) is 53.2 Å². The highest BCUT2D eigenvalue weighted by Crippen LogP contribution is 2.26. The first-order chi connectivity index (χ1) is 12.3. The number of carbonyl (C=O) groups is 1. The summed E-state index contributed by atoms with van der Waals surface area (Å²) in [7, 11) is 0. The van der Waals surface area contributed by atoms with Crippen molar-refractivity contribution >= 4 is 17.7 Å². The van der Waals surface area contributed by atoms with E-state index in [9.17, 15) is 4.79 Å². The molecule has 142 valence electrons. The molecule has 3 rings (SSSR count). The summed E-state index contributed by atoms with van der Waals surface area (Å²) in [4.78, 5) is 23.1. The molecule has 0 radical (unpaired) electrons. The Labute approximate surface area is 154 Å². The summed E-state index contributed by atoms with van der Waals surface area (Å²) in [6.07, 6.45) is 3.73. The third kappa shape index (κ3) is 4.05. The second-order valence-electron chi connectivity index (χ2n) is 7.84. The Morgan fingerprint density at radius 3 is 2.85 bits per heavy atom. The van der Waals surface area contributed by atoms with E-state index in [4.69, 9.17) is 4.74 Å². The highest BCUT2D eigenvalue weighted by atomic mass is 16.6. The molecule has 2 unspecified atom stereocenters. The molecule has 3 heterocycles. The topological polar surface area (TPSA) is 84.7 Å². The first kappa shape index (κ1) is 18.4. The van der Waals surface area contributed by atoms with Crippen molar-refractivity contribution in [1.82, 2.24) is 24.9 Å². The summed E-state index contributed by atoms with van der Waals surface area (Å²) in [6.45, 7) is 10.7. The van der Waals surface area contributed by atoms with Gasteiger partial charge in [0.05, 0.1) is 0 Å². The van der Waals surface area contributed by atoms with Crippen LogP contribution < -0.4 is 10.2 Å². The number of nitrogens with one attached hydrogen (secondary N) is 1. The monoisotopic (exact) mass is 360 g/mol. The van der Waals surface area contributed by atoms with E-state index in [1.165, 1.54) is 6.33 Å². The molecule has 0 bridgehead atoms. The molecule has 1 N–H and O–H groups in total. The molecule has 2 aromatic rings. The van der Waals surface area contributed by atoms with Crippen molar-refractivity contribution in [2.45, 2.75) is 71.6 Å². The van der Waals surface area contributed by atoms with Crippen LogP contribution in [0.4, 0.5) is 10.6 Å². The molecule has 0 aromatic carbocycles. The van der Waals surface area contributed by atoms with Gasteiger partial charge in [0.25, 0.3) is 5.78 Å². The van der Waals surface area contributed by atoms with Crippen LogP contribution in [-0.4, -0.2) is 49.9 Å². The van der Waals surface area contributed by atoms with Crippen LogP contribution in [-0.2, 0) is 11.2 Å². The van der Waals surface area contributed by atoms with Crippen LogP contribution >= 0.6 is 0 Å². The molecule has 8 nitrogen and oxygen atoms in total. The van der Waals surface area contributed by atoms with Gasteiger partial charge in [-0.25, -0.2) is 9.78 Å². The van der Waals surface area contributed by atoms with Crippen LogP contribution in [0.25, 0.3) is 5.78 Å². The van der Waals surface area contributed by atoms with Crippen molar-refractivity contribution in [2.75, 3.05) is 11.4 Å². The fraction of sp³-hybridized carbons (Fsp3) is 0.667. The zero-order valence-electron chi connectivity index (χ0n) is 16.2. The molecule has 0 saturated carbocycles. The first-order valence-electron chi connectivity index (χ1n) is 9.22. The van der Waals surface area contributed by atoms with E-state index >= 15 is 0 Å². The lowest BCUT2D eigenvalue weighted by Crippen LogP contribution is -2.50. The maximum atomic E-state index is 12.0. The van der Waals surface area contributed by atoms with Gasteiger partial charge in [-0.2, -0.15) is 14.6 Å². The first-order valence-corrected chi connectivity index (χ1v) is 9.22. The molecule has 2 aromatic heterocycles. The molecular formula is C18H28N6O2. The number of fused-ring (bicyclic) bond motifs is 1. The fourth-order valence-corrected chi connectivity index (χ4v) is 3.35. The number of rotatable bonds is 3. The van der Waals surface area contributed by atoms with Gasteiger partial charge in [0.1, 0.15) is 17.7 Å². The fourth-order valence-electron chi connectivity index (χ4n) is 3.35. The van der Waals surface area contributed by atoms with Crippen molar-refractivity contribution in [1.29, 1.82) is 0 Å². The van der Waals surface area contributed by atoms with Gasteiger partial charge < -0.3 is 15.0 Å². The van der Waals surface area contributed by atoms with Gasteiger partial charge in [-0.15, -0.1) is 0 Å². The van der Waals surface area contributed by atoms with Crippen LogP contribution in [0.2, 0.25) is 0 Å². The summed E-state index contributed by atoms with van der Waals surface area (Å²) in [6, 6.07) is 2.44. The highest BCUT2D eigenvalue weighted by Gasteiger charge is 2.29. The standard InChI is InChI=1S/C18H28N6O2/c1-6-13-10-15(24-16(21-13)19-11-20-24)23-8-7-14(9-12(23)2)22-17(25)26-18(3,4)5/h10-12,14H,6-9H2,1-5H3,(H,22,25). The van der Waals surface area contributed by atoms with Crippen LogP contribution in [0.3, 0.4) is 0 Å². The van der Waals surface area contributed by atoms with Crippen molar-refractivity contribution in [3.8, 4) is 0 Å². The lowest BCUT2D eigenvalue weighted by atomic mass is 9.98. The van der Waals surface area contributed by atoms with Gasteiger partial charge in [0.15, 0.2) is 0 Å². The lowest BCUT2D eigenvalue weighted by molar-refractivity contribution is 0.0494. The highest BCUT2D eigenvalue weighted by molar-refractivity contribution is 5.68. The van der Waals surface area contributed by atoms with E-state index in [2.05, 4.69) is 45.2 Å². The maximum Gasteiger partial charge on any atom is 0.407 e. The van der Waals surface area contributed by atoms with E-state index in [1.54, 1.807) is 4.52 Å². The normalized spacial score (nSPS) is 21.0. The number of ether oxygens (including phenoxy) is 1. The average molecular weight is 360 g/mol. The number of anilines is 1. The van der Waals surface area contributed by atoms with Gasteiger partial charge in [-0.3, -0.25) is 0 Å². The summed E-state index contributed by atoms with van der Waals surface area (Å²) >= 11 is 0. The lowest BCUT2D eigenvalue weighted by Gasteiger charge is -2.39. The van der Waals surface area contributed by atoms with Crippen molar-refractivity contribution in [2.24, 2.45) is 0 Å². The number of alkyl carbamates (subject to hydrolysis) is 1. The molecule has 2 atom stereocenters. The molecule has 1 fully saturated rings. The van der Waals surface area contributed by atoms with Crippen LogP contribution in [0.5, 0.6) is 0 Å². The molecule has 8 heteroatoms. The molecule has 0 spiro atoms. The van der Waals surface area contributed by atoms with Gasteiger partial charge in [0.2, 0.25) is 0 Å². The Hall–Kier alpha value is -2.38. The summed E-state index contributed by atoms with van der Waals surface area (Å²) in [5, 5.41) is 7.32. The Morgan fingerprint density at radius 2 is 2.19 bits per heavy atom. The number of aryl methyl sites for hydroxylation is 1. The van der Waals surface area contributed by atoms with E-state index < -0.39 is 5.60 Å². The van der Waals surface area contributed by atoms with Crippen molar-refractivity contribution < 1.29 is 9.53 Å². The number of aromatic nitrogens is 4. The number of hydrogen-bond acceptors (Lipinski definition) is 6. The number of nitrogens with zero attached hydrogens (tertiary/aromatic N) is 5. The molecule has 1 saturated heterocycles. The molecule has 1 amide bonds. The van der Waals surface area contributed by atoms with Crippen LogP contribution in [0, 0.1) is 0 Å². The third-order valence-electron chi connectivity index (χ3n) is 4.54. The molecule has 1 aliphatic heterocycles. The molecule has 26 heavy (non-hydrogen) atoms. The number of amides is 1. The maximum absolute atomic E-state index is 12.0. The Bertz CT molecular complexity index is 782. The van der Waals surface area contributed by atoms with E-state index in [0.717, 1.165) is 37.3 Å². The van der Waals surface area contributed by atoms with Gasteiger partial charge in [-0.05, 0) is 47.0 Å². The zero-order valence-corrected chi connectivity index (χ0v) is 16.2. The quantitative estimate of drug-likeness (QED) is 0.905. The number of carbonyl (C=O) groups excluding carboxylic acids is 1. The van der Waals surface area contributed by atoms with Gasteiger partial charge in [-0.1, -0.05) is 6.92 Å². The minimum absolute atomic E-state index is 0.106. The Morgan fingerprint density at radius 1 is 1.42 bits per heavy atom. The summed E-state index contributed by atoms with van der Waals surface area (Å²) in [5.41, 5.74) is 0.518. The predicted octanol–water partition coefficient (Wildman–Crippen LogP) is 2.57. The van der Waals surface area contributed by atoms with E-state index in [1.807, 2.05) is 20.8 Å². The minimum atomic E-state index is -0.483. The third-order valence-corrected chi connectivity index (χ3v) is 4.54. The predicted molar refractivity (Wildman–Crippen MR) is 99.4 cm³/mol. The van der Waals surface area contributed by atoms with E-state index in [0.29, 0.717) is 5.78 Å². The van der Waals surface area contributed by atoms with Crippen molar-refractivity contribution in [3.05, 3.63) is 18.1 Å². The minimum Gasteiger partial charge on any atom is -0.444 e. The summed E-state index contributed by atoms with van der Waals surface area (Å²) in [5.74, 6) is 1.63.